The average Bonchev–Trinajstić information content (AvgIpc) is 2.55. The summed E-state index contributed by atoms with van der Waals surface area (Å²) >= 11 is 0. The molecule has 0 fully saturated rings. The number of carbonyl (C=O) groups excluding carboxylic acids is 2. The Kier molecular flexibility index (Phi) is 5.57. The zero-order valence-corrected chi connectivity index (χ0v) is 13.0. The molecule has 0 atom stereocenters. The first-order valence-electron chi connectivity index (χ1n) is 7.15. The molecule has 0 saturated heterocycles. The highest BCUT2D eigenvalue weighted by molar-refractivity contribution is 6.06. The van der Waals surface area contributed by atoms with E-state index in [1.165, 1.54) is 12.4 Å². The lowest BCUT2D eigenvalue weighted by atomic mass is 10.2. The van der Waals surface area contributed by atoms with Crippen LogP contribution in [0.4, 0.5) is 5.69 Å². The van der Waals surface area contributed by atoms with Gasteiger partial charge in [-0.1, -0.05) is 18.2 Å². The molecule has 1 aromatic carbocycles. The molecule has 0 aliphatic heterocycles. The van der Waals surface area contributed by atoms with Gasteiger partial charge >= 0.3 is 0 Å². The molecule has 2 amide bonds. The minimum Gasteiger partial charge on any atom is -0.326 e. The van der Waals surface area contributed by atoms with Gasteiger partial charge in [-0.25, -0.2) is 5.43 Å². The zero-order valence-electron chi connectivity index (χ0n) is 13.0. The van der Waals surface area contributed by atoms with E-state index in [4.69, 9.17) is 0 Å². The van der Waals surface area contributed by atoms with Crippen molar-refractivity contribution in [2.75, 3.05) is 5.32 Å². The summed E-state index contributed by atoms with van der Waals surface area (Å²) in [6.45, 7) is 3.61. The molecular formula is C17H18N4O2. The maximum Gasteiger partial charge on any atom is 0.271 e. The first-order chi connectivity index (χ1) is 11.1. The van der Waals surface area contributed by atoms with E-state index < -0.39 is 0 Å². The lowest BCUT2D eigenvalue weighted by Gasteiger charge is -2.08. The Morgan fingerprint density at radius 1 is 1.13 bits per heavy atom. The normalized spacial score (nSPS) is 11.0. The van der Waals surface area contributed by atoms with Crippen LogP contribution < -0.4 is 10.7 Å². The maximum atomic E-state index is 12.0. The smallest absolute Gasteiger partial charge is 0.271 e. The number of benzene rings is 1. The standard InChI is InChI=1S/C17H18N4O2/c1-12-5-3-4-6-15(12)19-16(22)11-13(2)20-21-17(23)14-7-9-18-10-8-14/h3-10H,11H2,1-2H3,(H,19,22)(H,21,23). The molecule has 23 heavy (non-hydrogen) atoms. The third-order valence-corrected chi connectivity index (χ3v) is 3.13. The summed E-state index contributed by atoms with van der Waals surface area (Å²) in [6, 6.07) is 10.7. The number of hydrogen-bond donors (Lipinski definition) is 2. The second kappa shape index (κ2) is 7.84. The molecule has 1 heterocycles. The van der Waals surface area contributed by atoms with E-state index in [1.807, 2.05) is 31.2 Å². The number of hydrazone groups is 1. The van der Waals surface area contributed by atoms with Crippen molar-refractivity contribution in [1.82, 2.24) is 10.4 Å². The maximum absolute atomic E-state index is 12.0. The van der Waals surface area contributed by atoms with E-state index in [0.717, 1.165) is 11.3 Å². The number of nitrogens with zero attached hydrogens (tertiary/aromatic N) is 2. The van der Waals surface area contributed by atoms with Crippen molar-refractivity contribution in [2.24, 2.45) is 5.10 Å². The minimum absolute atomic E-state index is 0.102. The summed E-state index contributed by atoms with van der Waals surface area (Å²) in [6.07, 6.45) is 3.16. The van der Waals surface area contributed by atoms with Crippen LogP contribution in [-0.2, 0) is 4.79 Å². The fourth-order valence-corrected chi connectivity index (χ4v) is 1.89. The van der Waals surface area contributed by atoms with Crippen molar-refractivity contribution in [3.8, 4) is 0 Å². The van der Waals surface area contributed by atoms with Crippen LogP contribution in [0, 0.1) is 6.92 Å². The molecule has 6 nitrogen and oxygen atoms in total. The van der Waals surface area contributed by atoms with Gasteiger partial charge < -0.3 is 5.32 Å². The predicted molar refractivity (Wildman–Crippen MR) is 89.2 cm³/mol. The molecule has 0 bridgehead atoms. The number of hydrogen-bond acceptors (Lipinski definition) is 4. The van der Waals surface area contributed by atoms with Crippen molar-refractivity contribution < 1.29 is 9.59 Å². The average molecular weight is 310 g/mol. The molecule has 0 aliphatic rings. The molecular weight excluding hydrogens is 292 g/mol. The minimum atomic E-state index is -0.342. The summed E-state index contributed by atoms with van der Waals surface area (Å²) in [4.78, 5) is 27.6. The molecule has 6 heteroatoms. The number of pyridine rings is 1. The first kappa shape index (κ1) is 16.4. The van der Waals surface area contributed by atoms with Crippen LogP contribution >= 0.6 is 0 Å². The molecule has 0 spiro atoms. The number of rotatable bonds is 5. The van der Waals surface area contributed by atoms with Gasteiger partial charge in [-0.3, -0.25) is 14.6 Å². The number of aryl methyl sites for hydroxylation is 1. The van der Waals surface area contributed by atoms with Gasteiger partial charge in [0.05, 0.1) is 6.42 Å². The first-order valence-corrected chi connectivity index (χ1v) is 7.15. The number of amides is 2. The monoisotopic (exact) mass is 310 g/mol. The van der Waals surface area contributed by atoms with E-state index in [9.17, 15) is 9.59 Å². The van der Waals surface area contributed by atoms with Crippen LogP contribution in [0.1, 0.15) is 29.3 Å². The highest BCUT2D eigenvalue weighted by atomic mass is 16.2. The second-order valence-electron chi connectivity index (χ2n) is 5.06. The van der Waals surface area contributed by atoms with Gasteiger partial charge in [0.15, 0.2) is 0 Å². The van der Waals surface area contributed by atoms with Gasteiger partial charge in [0.25, 0.3) is 5.91 Å². The Morgan fingerprint density at radius 3 is 2.52 bits per heavy atom. The highest BCUT2D eigenvalue weighted by Gasteiger charge is 2.07. The molecule has 1 aromatic heterocycles. The Bertz CT molecular complexity index is 726. The third-order valence-electron chi connectivity index (χ3n) is 3.13. The van der Waals surface area contributed by atoms with Crippen molar-refractivity contribution in [2.45, 2.75) is 20.3 Å². The topological polar surface area (TPSA) is 83.5 Å². The van der Waals surface area contributed by atoms with Crippen LogP contribution in [0.5, 0.6) is 0 Å². The number of para-hydroxylation sites is 1. The van der Waals surface area contributed by atoms with Crippen molar-refractivity contribution in [3.05, 3.63) is 59.9 Å². The summed E-state index contributed by atoms with van der Waals surface area (Å²) in [5.41, 5.74) is 5.15. The van der Waals surface area contributed by atoms with Crippen molar-refractivity contribution >= 4 is 23.2 Å². The lowest BCUT2D eigenvalue weighted by Crippen LogP contribution is -2.21. The van der Waals surface area contributed by atoms with E-state index >= 15 is 0 Å². The van der Waals surface area contributed by atoms with Crippen LogP contribution in [0.3, 0.4) is 0 Å². The van der Waals surface area contributed by atoms with Gasteiger partial charge in [0.1, 0.15) is 0 Å². The zero-order chi connectivity index (χ0) is 16.7. The Hall–Kier alpha value is -3.02. The molecule has 0 radical (unpaired) electrons. The Balaban J connectivity index is 1.88. The highest BCUT2D eigenvalue weighted by Crippen LogP contribution is 2.13. The fraction of sp³-hybridized carbons (Fsp3) is 0.176. The molecule has 0 unspecified atom stereocenters. The van der Waals surface area contributed by atoms with Crippen LogP contribution in [0.2, 0.25) is 0 Å². The van der Waals surface area contributed by atoms with E-state index in [0.29, 0.717) is 11.3 Å². The van der Waals surface area contributed by atoms with E-state index in [1.54, 1.807) is 19.1 Å². The molecule has 0 saturated carbocycles. The largest absolute Gasteiger partial charge is 0.326 e. The van der Waals surface area contributed by atoms with Gasteiger partial charge in [0.2, 0.25) is 5.91 Å². The van der Waals surface area contributed by atoms with E-state index in [-0.39, 0.29) is 18.2 Å². The summed E-state index contributed by atoms with van der Waals surface area (Å²) < 4.78 is 0. The third kappa shape index (κ3) is 5.03. The number of anilines is 1. The summed E-state index contributed by atoms with van der Waals surface area (Å²) in [7, 11) is 0. The second-order valence-corrected chi connectivity index (χ2v) is 5.06. The SMILES string of the molecule is CC(CC(=O)Nc1ccccc1C)=NNC(=O)c1ccncc1. The van der Waals surface area contributed by atoms with Crippen molar-refractivity contribution in [3.63, 3.8) is 0 Å². The number of nitrogens with one attached hydrogen (secondary N) is 2. The van der Waals surface area contributed by atoms with Crippen LogP contribution in [-0.4, -0.2) is 22.5 Å². The Morgan fingerprint density at radius 2 is 1.83 bits per heavy atom. The summed E-state index contributed by atoms with van der Waals surface area (Å²) in [5.74, 6) is -0.523. The number of carbonyl (C=O) groups is 2. The van der Waals surface area contributed by atoms with Gasteiger partial charge in [-0.15, -0.1) is 0 Å². The molecule has 118 valence electrons. The van der Waals surface area contributed by atoms with Gasteiger partial charge in [-0.05, 0) is 37.6 Å². The van der Waals surface area contributed by atoms with Gasteiger partial charge in [-0.2, -0.15) is 5.10 Å². The summed E-state index contributed by atoms with van der Waals surface area (Å²) in [5, 5.41) is 6.76. The Labute approximate surface area is 134 Å². The number of aromatic nitrogens is 1. The predicted octanol–water partition coefficient (Wildman–Crippen LogP) is 2.52. The van der Waals surface area contributed by atoms with Crippen LogP contribution in [0.25, 0.3) is 0 Å². The molecule has 2 rings (SSSR count). The lowest BCUT2D eigenvalue weighted by molar-refractivity contribution is -0.115. The molecule has 0 aliphatic carbocycles. The fourth-order valence-electron chi connectivity index (χ4n) is 1.89. The molecule has 2 N–H and O–H groups in total. The van der Waals surface area contributed by atoms with E-state index in [2.05, 4.69) is 20.8 Å². The molecule has 2 aromatic rings. The quantitative estimate of drug-likeness (QED) is 0.657. The van der Waals surface area contributed by atoms with Gasteiger partial charge in [0, 0.05) is 29.4 Å². The van der Waals surface area contributed by atoms with Crippen molar-refractivity contribution in [1.29, 1.82) is 0 Å². The van der Waals surface area contributed by atoms with Crippen LogP contribution in [0.15, 0.2) is 53.9 Å².